The van der Waals surface area contributed by atoms with Gasteiger partial charge in [0.15, 0.2) is 0 Å². The molecule has 2 rings (SSSR count). The lowest BCUT2D eigenvalue weighted by Crippen LogP contribution is -1.91. The van der Waals surface area contributed by atoms with E-state index in [4.69, 9.17) is 5.73 Å². The van der Waals surface area contributed by atoms with E-state index in [0.29, 0.717) is 16.5 Å². The van der Waals surface area contributed by atoms with E-state index in [1.165, 1.54) is 17.8 Å². The Labute approximate surface area is 102 Å². The lowest BCUT2D eigenvalue weighted by Gasteiger charge is -2.03. The minimum atomic E-state index is -0.440. The highest BCUT2D eigenvalue weighted by Crippen LogP contribution is 2.26. The second kappa shape index (κ2) is 5.14. The highest BCUT2D eigenvalue weighted by atomic mass is 32.2. The molecule has 5 heteroatoms. The second-order valence-electron chi connectivity index (χ2n) is 3.45. The van der Waals surface area contributed by atoms with Gasteiger partial charge in [-0.25, -0.2) is 13.8 Å². The van der Waals surface area contributed by atoms with Gasteiger partial charge in [-0.05, 0) is 29.8 Å². The van der Waals surface area contributed by atoms with Crippen LogP contribution in [-0.4, -0.2) is 4.98 Å². The number of benzene rings is 1. The van der Waals surface area contributed by atoms with Gasteiger partial charge < -0.3 is 5.73 Å². The Balaban J connectivity index is 2.07. The fourth-order valence-corrected chi connectivity index (χ4v) is 2.16. The molecule has 2 N–H and O–H groups in total. The van der Waals surface area contributed by atoms with Crippen molar-refractivity contribution in [3.8, 4) is 0 Å². The summed E-state index contributed by atoms with van der Waals surface area (Å²) in [7, 11) is 0. The molecule has 0 aliphatic heterocycles. The minimum Gasteiger partial charge on any atom is -0.384 e. The van der Waals surface area contributed by atoms with Crippen molar-refractivity contribution in [2.75, 3.05) is 5.73 Å². The molecule has 88 valence electrons. The van der Waals surface area contributed by atoms with Crippen molar-refractivity contribution < 1.29 is 8.78 Å². The molecule has 2 nitrogen and oxygen atoms in total. The summed E-state index contributed by atoms with van der Waals surface area (Å²) in [5.74, 6) is 0.105. The summed E-state index contributed by atoms with van der Waals surface area (Å²) in [5, 5.41) is 0. The Hall–Kier alpha value is -1.62. The first-order chi connectivity index (χ1) is 8.15. The lowest BCUT2D eigenvalue weighted by molar-refractivity contribution is 0.577. The fourth-order valence-electron chi connectivity index (χ4n) is 1.27. The summed E-state index contributed by atoms with van der Waals surface area (Å²) in [6.45, 7) is 0. The Kier molecular flexibility index (Phi) is 3.58. The molecule has 1 aromatic heterocycles. The molecule has 0 bridgehead atoms. The number of hydrogen-bond acceptors (Lipinski definition) is 3. The van der Waals surface area contributed by atoms with Gasteiger partial charge in [0, 0.05) is 16.8 Å². The summed E-state index contributed by atoms with van der Waals surface area (Å²) < 4.78 is 26.2. The van der Waals surface area contributed by atoms with Crippen LogP contribution in [0, 0.1) is 11.6 Å². The number of aromatic nitrogens is 1. The average molecular weight is 252 g/mol. The van der Waals surface area contributed by atoms with Crippen LogP contribution in [0.5, 0.6) is 0 Å². The van der Waals surface area contributed by atoms with Crippen molar-refractivity contribution in [3.05, 3.63) is 53.7 Å². The normalized spacial score (nSPS) is 10.5. The Morgan fingerprint density at radius 1 is 1.18 bits per heavy atom. The predicted octanol–water partition coefficient (Wildman–Crippen LogP) is 3.23. The van der Waals surface area contributed by atoms with Crippen molar-refractivity contribution in [3.63, 3.8) is 0 Å². The first kappa shape index (κ1) is 11.9. The molecule has 2 aromatic rings. The van der Waals surface area contributed by atoms with E-state index < -0.39 is 11.6 Å². The Morgan fingerprint density at radius 3 is 2.71 bits per heavy atom. The van der Waals surface area contributed by atoms with E-state index in [0.717, 1.165) is 17.7 Å². The van der Waals surface area contributed by atoms with Gasteiger partial charge in [-0.15, -0.1) is 11.8 Å². The van der Waals surface area contributed by atoms with Crippen LogP contribution >= 0.6 is 11.8 Å². The van der Waals surface area contributed by atoms with Crippen molar-refractivity contribution in [1.82, 2.24) is 4.98 Å². The third-order valence-electron chi connectivity index (χ3n) is 2.14. The monoisotopic (exact) mass is 252 g/mol. The van der Waals surface area contributed by atoms with Gasteiger partial charge in [0.05, 0.1) is 0 Å². The first-order valence-electron chi connectivity index (χ1n) is 4.93. The predicted molar refractivity (Wildman–Crippen MR) is 64.6 cm³/mol. The number of halogens is 2. The number of hydrogen-bond donors (Lipinski definition) is 1. The number of rotatable bonds is 3. The summed E-state index contributed by atoms with van der Waals surface area (Å²) in [5.41, 5.74) is 6.36. The van der Waals surface area contributed by atoms with Gasteiger partial charge in [0.25, 0.3) is 0 Å². The number of nitrogens with zero attached hydrogens (tertiary/aromatic N) is 1. The first-order valence-corrected chi connectivity index (χ1v) is 5.92. The average Bonchev–Trinajstić information content (AvgIpc) is 2.32. The van der Waals surface area contributed by atoms with Crippen molar-refractivity contribution in [2.45, 2.75) is 10.6 Å². The molecule has 1 heterocycles. The van der Waals surface area contributed by atoms with E-state index in [-0.39, 0.29) is 0 Å². The van der Waals surface area contributed by atoms with Crippen LogP contribution in [0.25, 0.3) is 0 Å². The zero-order valence-electron chi connectivity index (χ0n) is 8.86. The van der Waals surface area contributed by atoms with Crippen LogP contribution in [0.3, 0.4) is 0 Å². The highest BCUT2D eigenvalue weighted by Gasteiger charge is 2.05. The minimum absolute atomic E-state index is 0.293. The molecule has 0 amide bonds. The maximum Gasteiger partial charge on any atom is 0.136 e. The molecule has 0 saturated carbocycles. The largest absolute Gasteiger partial charge is 0.384 e. The molecule has 0 aliphatic rings. The summed E-state index contributed by atoms with van der Waals surface area (Å²) in [6.07, 6.45) is 1.62. The van der Waals surface area contributed by atoms with Crippen LogP contribution in [-0.2, 0) is 5.75 Å². The van der Waals surface area contributed by atoms with Gasteiger partial charge in [0.2, 0.25) is 0 Å². The topological polar surface area (TPSA) is 38.9 Å². The van der Waals surface area contributed by atoms with Gasteiger partial charge in [-0.3, -0.25) is 0 Å². The quantitative estimate of drug-likeness (QED) is 0.852. The Morgan fingerprint density at radius 2 is 2.00 bits per heavy atom. The number of thioether (sulfide) groups is 1. The van der Waals surface area contributed by atoms with Crippen molar-refractivity contribution in [2.24, 2.45) is 0 Å². The zero-order valence-corrected chi connectivity index (χ0v) is 9.68. The maximum atomic E-state index is 13.3. The molecule has 0 aliphatic carbocycles. The van der Waals surface area contributed by atoms with Gasteiger partial charge in [-0.2, -0.15) is 0 Å². The van der Waals surface area contributed by atoms with Crippen LogP contribution in [0.2, 0.25) is 0 Å². The van der Waals surface area contributed by atoms with E-state index in [9.17, 15) is 8.78 Å². The number of anilines is 1. The van der Waals surface area contributed by atoms with Crippen LogP contribution in [0.4, 0.5) is 14.6 Å². The molecule has 0 fully saturated rings. The molecule has 0 saturated heterocycles. The number of nitrogens with two attached hydrogens (primary N) is 1. The number of pyridine rings is 1. The van der Waals surface area contributed by atoms with Gasteiger partial charge in [0.1, 0.15) is 17.5 Å². The van der Waals surface area contributed by atoms with E-state index in [1.54, 1.807) is 12.3 Å². The van der Waals surface area contributed by atoms with Gasteiger partial charge in [-0.1, -0.05) is 6.07 Å². The third kappa shape index (κ3) is 3.17. The Bertz CT molecular complexity index is 514. The maximum absolute atomic E-state index is 13.3. The van der Waals surface area contributed by atoms with Crippen molar-refractivity contribution >= 4 is 17.6 Å². The summed E-state index contributed by atoms with van der Waals surface area (Å²) in [6, 6.07) is 6.90. The molecule has 17 heavy (non-hydrogen) atoms. The molecular formula is C12H10F2N2S. The van der Waals surface area contributed by atoms with Crippen LogP contribution in [0.15, 0.2) is 41.4 Å². The van der Waals surface area contributed by atoms with E-state index in [2.05, 4.69) is 4.98 Å². The molecule has 1 aromatic carbocycles. The van der Waals surface area contributed by atoms with Crippen LogP contribution in [0.1, 0.15) is 5.56 Å². The lowest BCUT2D eigenvalue weighted by atomic mass is 10.3. The van der Waals surface area contributed by atoms with E-state index >= 15 is 0 Å². The standard InChI is InChI=1S/C12H10F2N2S/c13-9-2-3-10(14)11(5-9)17-7-8-1-4-12(15)16-6-8/h1-6H,7H2,(H2,15,16). The fraction of sp³-hybridized carbons (Fsp3) is 0.0833. The molecule has 0 spiro atoms. The zero-order chi connectivity index (χ0) is 12.3. The van der Waals surface area contributed by atoms with Crippen molar-refractivity contribution in [1.29, 1.82) is 0 Å². The smallest absolute Gasteiger partial charge is 0.136 e. The highest BCUT2D eigenvalue weighted by molar-refractivity contribution is 7.98. The third-order valence-corrected chi connectivity index (χ3v) is 3.24. The molecule has 0 radical (unpaired) electrons. The van der Waals surface area contributed by atoms with E-state index in [1.807, 2.05) is 6.07 Å². The second-order valence-corrected chi connectivity index (χ2v) is 4.47. The van der Waals surface area contributed by atoms with Crippen LogP contribution < -0.4 is 5.73 Å². The molecular weight excluding hydrogens is 242 g/mol. The summed E-state index contributed by atoms with van der Waals surface area (Å²) >= 11 is 1.22. The molecule has 0 atom stereocenters. The SMILES string of the molecule is Nc1ccc(CSc2cc(F)ccc2F)cn1. The van der Waals surface area contributed by atoms with Gasteiger partial charge >= 0.3 is 0 Å². The number of nitrogen functional groups attached to an aromatic ring is 1. The molecule has 0 unspecified atom stereocenters. The summed E-state index contributed by atoms with van der Waals surface area (Å²) in [4.78, 5) is 4.22.